The minimum Gasteiger partial charge on any atom is -0.373 e. The molecule has 28 heavy (non-hydrogen) atoms. The van der Waals surface area contributed by atoms with Gasteiger partial charge < -0.3 is 4.74 Å². The van der Waals surface area contributed by atoms with E-state index in [4.69, 9.17) is 4.74 Å². The van der Waals surface area contributed by atoms with Crippen LogP contribution in [0.15, 0.2) is 76.9 Å². The lowest BCUT2D eigenvalue weighted by Crippen LogP contribution is -1.93. The molecule has 0 bridgehead atoms. The Bertz CT molecular complexity index is 655. The van der Waals surface area contributed by atoms with Crippen LogP contribution in [0.4, 0.5) is 0 Å². The molecule has 0 aliphatic rings. The molecule has 0 saturated carbocycles. The lowest BCUT2D eigenvalue weighted by Gasteiger charge is -2.04. The molecule has 0 atom stereocenters. The van der Waals surface area contributed by atoms with Crippen molar-refractivity contribution in [1.29, 1.82) is 0 Å². The second-order valence-electron chi connectivity index (χ2n) is 8.05. The Kier molecular flexibility index (Phi) is 13.0. The third-order valence-electron chi connectivity index (χ3n) is 4.82. The smallest absolute Gasteiger partial charge is 0.0721 e. The van der Waals surface area contributed by atoms with Crippen LogP contribution in [0.3, 0.4) is 0 Å². The van der Waals surface area contributed by atoms with Gasteiger partial charge in [0, 0.05) is 0 Å². The van der Waals surface area contributed by atoms with Crippen LogP contribution in [0.25, 0.3) is 0 Å². The molecular weight excluding hydrogens is 340 g/mol. The summed E-state index contributed by atoms with van der Waals surface area (Å²) >= 11 is 0. The third kappa shape index (κ3) is 13.3. The highest BCUT2D eigenvalue weighted by atomic mass is 16.5. The fourth-order valence-electron chi connectivity index (χ4n) is 2.94. The maximum atomic E-state index is 5.73. The predicted molar refractivity (Wildman–Crippen MR) is 125 cm³/mol. The lowest BCUT2D eigenvalue weighted by atomic mass is 10.0. The molecule has 1 heteroatoms. The first-order valence-electron chi connectivity index (χ1n) is 10.7. The number of rotatable bonds is 13. The molecule has 0 spiro atoms. The molecule has 0 radical (unpaired) electrons. The fraction of sp³-hybridized carbons (Fsp3) is 0.481. The van der Waals surface area contributed by atoms with Gasteiger partial charge >= 0.3 is 0 Å². The van der Waals surface area contributed by atoms with Gasteiger partial charge in [-0.1, -0.05) is 76.9 Å². The minimum atomic E-state index is 0.685. The first-order valence-corrected chi connectivity index (χ1v) is 10.7. The molecule has 0 heterocycles. The summed E-state index contributed by atoms with van der Waals surface area (Å²) in [7, 11) is 0. The van der Waals surface area contributed by atoms with Crippen molar-refractivity contribution in [2.24, 2.45) is 0 Å². The van der Waals surface area contributed by atoms with Gasteiger partial charge in [-0.05, 0) is 78.7 Å². The number of allylic oxidation sites excluding steroid dienone is 7. The van der Waals surface area contributed by atoms with E-state index in [0.717, 1.165) is 19.3 Å². The molecule has 1 aromatic rings. The van der Waals surface area contributed by atoms with Crippen LogP contribution in [0.5, 0.6) is 0 Å². The van der Waals surface area contributed by atoms with E-state index in [0.29, 0.717) is 13.2 Å². The van der Waals surface area contributed by atoms with Gasteiger partial charge in [0.25, 0.3) is 0 Å². The van der Waals surface area contributed by atoms with E-state index in [9.17, 15) is 0 Å². The van der Waals surface area contributed by atoms with Crippen LogP contribution in [-0.4, -0.2) is 6.61 Å². The van der Waals surface area contributed by atoms with E-state index >= 15 is 0 Å². The molecular formula is C27H40O. The van der Waals surface area contributed by atoms with Gasteiger partial charge in [0.05, 0.1) is 13.2 Å². The van der Waals surface area contributed by atoms with Crippen molar-refractivity contribution in [1.82, 2.24) is 0 Å². The summed E-state index contributed by atoms with van der Waals surface area (Å²) in [6.07, 6.45) is 16.3. The quantitative estimate of drug-likeness (QED) is 0.247. The molecule has 0 saturated heterocycles. The zero-order valence-electron chi connectivity index (χ0n) is 18.8. The molecule has 0 aliphatic heterocycles. The standard InChI is InChI=1S/C27H40O/c1-23(2)12-9-13-24(3)14-10-15-25(4)16-11-17-26(5)20-21-28-22-27-18-7-6-8-19-27/h6-8,12,14,16,18-20H,9-11,13,15,17,21-22H2,1-5H3/b24-14+,25-16+,26-20+. The van der Waals surface area contributed by atoms with Crippen LogP contribution in [0.2, 0.25) is 0 Å². The summed E-state index contributed by atoms with van der Waals surface area (Å²) < 4.78 is 5.73. The molecule has 1 aromatic carbocycles. The fourth-order valence-corrected chi connectivity index (χ4v) is 2.94. The Morgan fingerprint density at radius 2 is 1.18 bits per heavy atom. The summed E-state index contributed by atoms with van der Waals surface area (Å²) in [5, 5.41) is 0. The van der Waals surface area contributed by atoms with Crippen molar-refractivity contribution < 1.29 is 4.74 Å². The van der Waals surface area contributed by atoms with E-state index in [2.05, 4.69) is 83.2 Å². The van der Waals surface area contributed by atoms with Gasteiger partial charge in [-0.15, -0.1) is 0 Å². The van der Waals surface area contributed by atoms with Crippen molar-refractivity contribution in [3.63, 3.8) is 0 Å². The maximum absolute atomic E-state index is 5.73. The van der Waals surface area contributed by atoms with Crippen LogP contribution in [-0.2, 0) is 11.3 Å². The summed E-state index contributed by atoms with van der Waals surface area (Å²) in [4.78, 5) is 0. The SMILES string of the molecule is CC(C)=CCC/C(C)=C/CC/C(C)=C/CC/C(C)=C/COCc1ccccc1. The van der Waals surface area contributed by atoms with Crippen LogP contribution in [0, 0.1) is 0 Å². The Morgan fingerprint density at radius 3 is 1.71 bits per heavy atom. The highest BCUT2D eigenvalue weighted by Gasteiger charge is 1.94. The average molecular weight is 381 g/mol. The molecule has 0 N–H and O–H groups in total. The molecule has 0 fully saturated rings. The van der Waals surface area contributed by atoms with Crippen molar-refractivity contribution in [3.05, 3.63) is 82.5 Å². The molecule has 1 rings (SSSR count). The second-order valence-corrected chi connectivity index (χ2v) is 8.05. The van der Waals surface area contributed by atoms with Crippen LogP contribution >= 0.6 is 0 Å². The normalized spacial score (nSPS) is 13.0. The predicted octanol–water partition coefficient (Wildman–Crippen LogP) is 8.35. The molecule has 154 valence electrons. The molecule has 0 amide bonds. The molecule has 0 aromatic heterocycles. The zero-order chi connectivity index (χ0) is 20.6. The summed E-state index contributed by atoms with van der Waals surface area (Å²) in [6, 6.07) is 10.3. The molecule has 1 nitrogen and oxygen atoms in total. The van der Waals surface area contributed by atoms with Gasteiger partial charge in [-0.25, -0.2) is 0 Å². The monoisotopic (exact) mass is 380 g/mol. The summed E-state index contributed by atoms with van der Waals surface area (Å²) in [5.74, 6) is 0. The highest BCUT2D eigenvalue weighted by molar-refractivity contribution is 5.13. The van der Waals surface area contributed by atoms with Crippen molar-refractivity contribution >= 4 is 0 Å². The van der Waals surface area contributed by atoms with Crippen molar-refractivity contribution in [2.45, 2.75) is 79.8 Å². The van der Waals surface area contributed by atoms with Crippen LogP contribution in [0.1, 0.15) is 78.7 Å². The van der Waals surface area contributed by atoms with Gasteiger partial charge in [0.2, 0.25) is 0 Å². The van der Waals surface area contributed by atoms with Crippen LogP contribution < -0.4 is 0 Å². The van der Waals surface area contributed by atoms with E-state index in [-0.39, 0.29) is 0 Å². The Hall–Kier alpha value is -1.86. The van der Waals surface area contributed by atoms with E-state index in [1.807, 2.05) is 6.07 Å². The van der Waals surface area contributed by atoms with E-state index in [1.54, 1.807) is 0 Å². The summed E-state index contributed by atoms with van der Waals surface area (Å²) in [5.41, 5.74) is 7.07. The number of ether oxygens (including phenoxy) is 1. The van der Waals surface area contributed by atoms with E-state index in [1.165, 1.54) is 47.1 Å². The molecule has 0 aliphatic carbocycles. The number of hydrogen-bond acceptors (Lipinski definition) is 1. The largest absolute Gasteiger partial charge is 0.373 e. The minimum absolute atomic E-state index is 0.685. The van der Waals surface area contributed by atoms with E-state index < -0.39 is 0 Å². The number of benzene rings is 1. The Balaban J connectivity index is 2.17. The maximum Gasteiger partial charge on any atom is 0.0721 e. The van der Waals surface area contributed by atoms with Gasteiger partial charge in [-0.3, -0.25) is 0 Å². The van der Waals surface area contributed by atoms with Gasteiger partial charge in [0.15, 0.2) is 0 Å². The first-order chi connectivity index (χ1) is 13.5. The zero-order valence-corrected chi connectivity index (χ0v) is 18.8. The van der Waals surface area contributed by atoms with Gasteiger partial charge in [-0.2, -0.15) is 0 Å². The Labute approximate surface area is 173 Å². The topological polar surface area (TPSA) is 9.23 Å². The summed E-state index contributed by atoms with van der Waals surface area (Å²) in [6.45, 7) is 12.4. The number of hydrogen-bond donors (Lipinski definition) is 0. The Morgan fingerprint density at radius 1 is 0.679 bits per heavy atom. The average Bonchev–Trinajstić information content (AvgIpc) is 2.66. The third-order valence-corrected chi connectivity index (χ3v) is 4.82. The highest BCUT2D eigenvalue weighted by Crippen LogP contribution is 2.13. The second kappa shape index (κ2) is 15.1. The lowest BCUT2D eigenvalue weighted by molar-refractivity contribution is 0.148. The van der Waals surface area contributed by atoms with Crippen molar-refractivity contribution in [3.8, 4) is 0 Å². The first kappa shape index (κ1) is 24.2. The molecule has 0 unspecified atom stereocenters. The van der Waals surface area contributed by atoms with Crippen molar-refractivity contribution in [2.75, 3.05) is 6.61 Å². The van der Waals surface area contributed by atoms with Gasteiger partial charge in [0.1, 0.15) is 0 Å².